The van der Waals surface area contributed by atoms with E-state index >= 15 is 0 Å². The average molecular weight is 259 g/mol. The number of carbonyl (C=O) groups is 1. The van der Waals surface area contributed by atoms with Gasteiger partial charge in [0.15, 0.2) is 11.5 Å². The minimum Gasteiger partial charge on any atom is -0.454 e. The van der Waals surface area contributed by atoms with Crippen LogP contribution in [0, 0.1) is 0 Å². The number of carbonyl (C=O) groups excluding carboxylic acids is 1. The molecule has 1 aliphatic rings. The van der Waals surface area contributed by atoms with Gasteiger partial charge in [0, 0.05) is 12.7 Å². The molecule has 0 spiro atoms. The molecule has 1 amide bonds. The van der Waals surface area contributed by atoms with Crippen molar-refractivity contribution in [1.82, 2.24) is 9.99 Å². The Kier molecular flexibility index (Phi) is 2.85. The van der Waals surface area contributed by atoms with Gasteiger partial charge in [0.25, 0.3) is 5.91 Å². The summed E-state index contributed by atoms with van der Waals surface area (Å²) in [4.78, 5) is 11.6. The summed E-state index contributed by atoms with van der Waals surface area (Å²) >= 11 is 0. The van der Waals surface area contributed by atoms with Crippen LogP contribution >= 0.6 is 0 Å². The zero-order valence-corrected chi connectivity index (χ0v) is 10.1. The second-order valence-corrected chi connectivity index (χ2v) is 4.18. The van der Waals surface area contributed by atoms with E-state index in [9.17, 15) is 4.79 Å². The Balaban J connectivity index is 1.86. The molecule has 0 atom stereocenters. The Morgan fingerprint density at radius 2 is 2.16 bits per heavy atom. The summed E-state index contributed by atoms with van der Waals surface area (Å²) in [5.74, 6) is 6.31. The number of ether oxygens (including phenoxy) is 2. The summed E-state index contributed by atoms with van der Waals surface area (Å²) in [6.45, 7) is 0.815. The highest BCUT2D eigenvalue weighted by Gasteiger charge is 2.14. The monoisotopic (exact) mass is 259 g/mol. The summed E-state index contributed by atoms with van der Waals surface area (Å²) in [5.41, 5.74) is 3.66. The number of nitrogens with one attached hydrogen (secondary N) is 1. The molecular weight excluding hydrogens is 246 g/mol. The summed E-state index contributed by atoms with van der Waals surface area (Å²) in [6.07, 6.45) is 1.83. The smallest absolute Gasteiger partial charge is 0.281 e. The predicted octanol–water partition coefficient (Wildman–Crippen LogP) is 0.869. The van der Waals surface area contributed by atoms with Crippen LogP contribution in [0.2, 0.25) is 0 Å². The lowest BCUT2D eigenvalue weighted by molar-refractivity contribution is 0.0945. The van der Waals surface area contributed by atoms with E-state index in [0.29, 0.717) is 12.2 Å². The molecule has 19 heavy (non-hydrogen) atoms. The maximum Gasteiger partial charge on any atom is 0.281 e. The van der Waals surface area contributed by atoms with Crippen LogP contribution in [0.1, 0.15) is 16.1 Å². The maximum absolute atomic E-state index is 11.6. The number of benzene rings is 1. The Morgan fingerprint density at radius 3 is 3.00 bits per heavy atom. The maximum atomic E-state index is 11.6. The number of amides is 1. The molecule has 1 aromatic carbocycles. The van der Waals surface area contributed by atoms with Gasteiger partial charge in [0.2, 0.25) is 6.79 Å². The van der Waals surface area contributed by atoms with Gasteiger partial charge in [-0.25, -0.2) is 5.84 Å². The lowest BCUT2D eigenvalue weighted by atomic mass is 10.2. The van der Waals surface area contributed by atoms with Crippen LogP contribution in [-0.2, 0) is 6.54 Å². The molecule has 2 aromatic rings. The van der Waals surface area contributed by atoms with Gasteiger partial charge in [-0.2, -0.15) is 0 Å². The first-order valence-electron chi connectivity index (χ1n) is 5.82. The molecule has 1 aliphatic heterocycles. The van der Waals surface area contributed by atoms with Crippen molar-refractivity contribution in [2.45, 2.75) is 6.54 Å². The summed E-state index contributed by atoms with van der Waals surface area (Å²) < 4.78 is 12.4. The number of nitrogen functional groups attached to an aromatic ring is 1. The normalized spacial score (nSPS) is 12.5. The molecule has 3 N–H and O–H groups in total. The lowest BCUT2D eigenvalue weighted by Crippen LogP contribution is -2.31. The van der Waals surface area contributed by atoms with Gasteiger partial charge in [0.05, 0.1) is 0 Å². The second kappa shape index (κ2) is 4.66. The van der Waals surface area contributed by atoms with Gasteiger partial charge >= 0.3 is 0 Å². The molecule has 0 saturated carbocycles. The molecule has 1 aromatic heterocycles. The number of nitrogens with zero attached hydrogens (tertiary/aromatic N) is 1. The number of aromatic nitrogens is 1. The van der Waals surface area contributed by atoms with Crippen molar-refractivity contribution in [2.24, 2.45) is 5.84 Å². The topological polar surface area (TPSA) is 78.5 Å². The number of rotatable bonds is 3. The van der Waals surface area contributed by atoms with E-state index in [1.165, 1.54) is 0 Å². The first-order chi connectivity index (χ1) is 9.28. The molecule has 6 heteroatoms. The van der Waals surface area contributed by atoms with Gasteiger partial charge < -0.3 is 14.0 Å². The SMILES string of the molecule is NNC(=O)c1cccn1Cc1ccc2c(c1)OCO2. The fraction of sp³-hybridized carbons (Fsp3) is 0.154. The molecule has 3 rings (SSSR count). The van der Waals surface area contributed by atoms with Gasteiger partial charge in [0.1, 0.15) is 5.69 Å². The molecule has 0 fully saturated rings. The van der Waals surface area contributed by atoms with E-state index in [-0.39, 0.29) is 12.7 Å². The van der Waals surface area contributed by atoms with Crippen molar-refractivity contribution in [3.8, 4) is 11.5 Å². The fourth-order valence-electron chi connectivity index (χ4n) is 2.07. The predicted molar refractivity (Wildman–Crippen MR) is 67.8 cm³/mol. The summed E-state index contributed by atoms with van der Waals surface area (Å²) in [7, 11) is 0. The number of hydrazine groups is 1. The molecule has 98 valence electrons. The minimum absolute atomic E-state index is 0.253. The van der Waals surface area contributed by atoms with Crippen molar-refractivity contribution in [3.63, 3.8) is 0 Å². The zero-order valence-electron chi connectivity index (χ0n) is 10.1. The standard InChI is InChI=1S/C13H13N3O3/c14-15-13(17)10-2-1-5-16(10)7-9-3-4-11-12(6-9)19-8-18-11/h1-6H,7-8,14H2,(H,15,17). The number of hydrogen-bond donors (Lipinski definition) is 2. The molecule has 0 unspecified atom stereocenters. The summed E-state index contributed by atoms with van der Waals surface area (Å²) in [5, 5.41) is 0. The highest BCUT2D eigenvalue weighted by molar-refractivity contribution is 5.92. The largest absolute Gasteiger partial charge is 0.454 e. The molecule has 6 nitrogen and oxygen atoms in total. The quantitative estimate of drug-likeness (QED) is 0.487. The fourth-order valence-corrected chi connectivity index (χ4v) is 2.07. The van der Waals surface area contributed by atoms with Crippen LogP contribution in [0.5, 0.6) is 11.5 Å². The minimum atomic E-state index is -0.314. The van der Waals surface area contributed by atoms with E-state index in [4.69, 9.17) is 15.3 Å². The second-order valence-electron chi connectivity index (χ2n) is 4.18. The molecule has 2 heterocycles. The Morgan fingerprint density at radius 1 is 1.32 bits per heavy atom. The molecule has 0 aliphatic carbocycles. The van der Waals surface area contributed by atoms with E-state index in [1.807, 2.05) is 29.0 Å². The van der Waals surface area contributed by atoms with Gasteiger partial charge in [-0.3, -0.25) is 10.2 Å². The molecular formula is C13H13N3O3. The van der Waals surface area contributed by atoms with Crippen molar-refractivity contribution in [2.75, 3.05) is 6.79 Å². The Bertz CT molecular complexity index is 621. The van der Waals surface area contributed by atoms with E-state index < -0.39 is 0 Å². The number of hydrogen-bond acceptors (Lipinski definition) is 4. The molecule has 0 saturated heterocycles. The third-order valence-electron chi connectivity index (χ3n) is 2.98. The first kappa shape index (κ1) is 11.6. The van der Waals surface area contributed by atoms with Crippen molar-refractivity contribution < 1.29 is 14.3 Å². The van der Waals surface area contributed by atoms with Crippen LogP contribution in [0.4, 0.5) is 0 Å². The molecule has 0 radical (unpaired) electrons. The van der Waals surface area contributed by atoms with Crippen LogP contribution in [0.3, 0.4) is 0 Å². The summed E-state index contributed by atoms with van der Waals surface area (Å²) in [6, 6.07) is 9.24. The third-order valence-corrected chi connectivity index (χ3v) is 2.98. The van der Waals surface area contributed by atoms with Crippen molar-refractivity contribution in [3.05, 3.63) is 47.8 Å². The first-order valence-corrected chi connectivity index (χ1v) is 5.82. The van der Waals surface area contributed by atoms with Gasteiger partial charge in [-0.15, -0.1) is 0 Å². The highest BCUT2D eigenvalue weighted by Crippen LogP contribution is 2.32. The van der Waals surface area contributed by atoms with Crippen LogP contribution < -0.4 is 20.7 Å². The Hall–Kier alpha value is -2.47. The zero-order chi connectivity index (χ0) is 13.2. The molecule has 0 bridgehead atoms. The van der Waals surface area contributed by atoms with Gasteiger partial charge in [-0.05, 0) is 29.8 Å². The third kappa shape index (κ3) is 2.13. The van der Waals surface area contributed by atoms with Crippen molar-refractivity contribution >= 4 is 5.91 Å². The van der Waals surface area contributed by atoms with E-state index in [0.717, 1.165) is 17.1 Å². The number of nitrogens with two attached hydrogens (primary N) is 1. The highest BCUT2D eigenvalue weighted by atomic mass is 16.7. The van der Waals surface area contributed by atoms with E-state index in [2.05, 4.69) is 5.43 Å². The van der Waals surface area contributed by atoms with Crippen molar-refractivity contribution in [1.29, 1.82) is 0 Å². The number of fused-ring (bicyclic) bond motifs is 1. The van der Waals surface area contributed by atoms with Gasteiger partial charge in [-0.1, -0.05) is 6.07 Å². The lowest BCUT2D eigenvalue weighted by Gasteiger charge is -2.08. The Labute approximate surface area is 109 Å². The average Bonchev–Trinajstić information content (AvgIpc) is 3.06. The van der Waals surface area contributed by atoms with Crippen LogP contribution in [0.15, 0.2) is 36.5 Å². The van der Waals surface area contributed by atoms with Crippen LogP contribution in [-0.4, -0.2) is 17.3 Å². The van der Waals surface area contributed by atoms with E-state index in [1.54, 1.807) is 12.1 Å². The van der Waals surface area contributed by atoms with Crippen LogP contribution in [0.25, 0.3) is 0 Å².